The largest absolute Gasteiger partial charge is 0.422 e. The Morgan fingerprint density at radius 3 is 2.65 bits per heavy atom. The van der Waals surface area contributed by atoms with Crippen LogP contribution in [0.2, 0.25) is 0 Å². The summed E-state index contributed by atoms with van der Waals surface area (Å²) in [5.41, 5.74) is 12.4. The molecule has 0 fully saturated rings. The van der Waals surface area contributed by atoms with Crippen LogP contribution in [0.3, 0.4) is 0 Å². The summed E-state index contributed by atoms with van der Waals surface area (Å²) in [5.74, 6) is 0.102. The number of hydrogen-bond acceptors (Lipinski definition) is 6. The molecule has 4 aromatic rings. The minimum atomic E-state index is -0.441. The second-order valence-corrected chi connectivity index (χ2v) is 8.94. The van der Waals surface area contributed by atoms with Crippen LogP contribution in [-0.2, 0) is 13.0 Å². The molecule has 0 saturated carbocycles. The van der Waals surface area contributed by atoms with E-state index in [0.29, 0.717) is 16.3 Å². The second kappa shape index (κ2) is 7.80. The number of ether oxygens (including phenoxy) is 1. The maximum Gasteiger partial charge on any atom is 0.355 e. The minimum absolute atomic E-state index is 0.402. The first-order chi connectivity index (χ1) is 15.0. The fourth-order valence-corrected chi connectivity index (χ4v) is 5.15. The molecule has 5 nitrogen and oxygen atoms in total. The van der Waals surface area contributed by atoms with E-state index in [4.69, 9.17) is 15.5 Å². The average Bonchev–Trinajstić information content (AvgIpc) is 3.10. The Balaban J connectivity index is 1.69. The summed E-state index contributed by atoms with van der Waals surface area (Å²) in [7, 11) is 2.11. The molecule has 5 rings (SSSR count). The van der Waals surface area contributed by atoms with Gasteiger partial charge in [0, 0.05) is 36.2 Å². The zero-order valence-electron chi connectivity index (χ0n) is 17.5. The molecule has 0 atom stereocenters. The smallest absolute Gasteiger partial charge is 0.355 e. The number of aryl methyl sites for hydroxylation is 1. The number of thiophene rings is 1. The average molecular weight is 430 g/mol. The lowest BCUT2D eigenvalue weighted by atomic mass is 9.92. The first kappa shape index (κ1) is 19.7. The zero-order valence-corrected chi connectivity index (χ0v) is 18.3. The summed E-state index contributed by atoms with van der Waals surface area (Å²) < 4.78 is 5.69. The third kappa shape index (κ3) is 3.48. The van der Waals surface area contributed by atoms with Crippen LogP contribution in [0.1, 0.15) is 26.5 Å². The van der Waals surface area contributed by atoms with Crippen molar-refractivity contribution in [1.29, 1.82) is 0 Å². The maximum atomic E-state index is 13.1. The van der Waals surface area contributed by atoms with Crippen LogP contribution < -0.4 is 10.5 Å². The number of esters is 1. The molecule has 3 heterocycles. The van der Waals surface area contributed by atoms with Crippen LogP contribution in [0, 0.1) is 6.92 Å². The van der Waals surface area contributed by atoms with E-state index in [1.807, 2.05) is 43.3 Å². The Hall–Kier alpha value is -3.22. The normalized spacial score (nSPS) is 13.9. The summed E-state index contributed by atoms with van der Waals surface area (Å²) in [6.07, 6.45) is 0.877. The fraction of sp³-hybridized carbons (Fsp3) is 0.200. The first-order valence-electron chi connectivity index (χ1n) is 10.3. The Morgan fingerprint density at radius 1 is 1.13 bits per heavy atom. The number of carbonyl (C=O) groups excluding carboxylic acids is 1. The Morgan fingerprint density at radius 2 is 1.87 bits per heavy atom. The predicted octanol–water partition coefficient (Wildman–Crippen LogP) is 5.06. The highest BCUT2D eigenvalue weighted by molar-refractivity contribution is 7.21. The highest BCUT2D eigenvalue weighted by Gasteiger charge is 2.27. The van der Waals surface area contributed by atoms with Gasteiger partial charge in [0.2, 0.25) is 0 Å². The van der Waals surface area contributed by atoms with Crippen molar-refractivity contribution >= 4 is 33.2 Å². The van der Waals surface area contributed by atoms with Gasteiger partial charge in [0.1, 0.15) is 15.5 Å². The number of para-hydroxylation sites is 1. The molecule has 0 amide bonds. The SMILES string of the molecule is Cc1ccccc1OC(=O)c1sc2nc3c(c(-c4ccccc4)c2c1N)CN(C)CC3. The van der Waals surface area contributed by atoms with E-state index in [1.165, 1.54) is 16.9 Å². The van der Waals surface area contributed by atoms with Crippen molar-refractivity contribution < 1.29 is 9.53 Å². The minimum Gasteiger partial charge on any atom is -0.422 e. The number of nitrogen functional groups attached to an aromatic ring is 1. The van der Waals surface area contributed by atoms with Gasteiger partial charge in [-0.1, -0.05) is 48.5 Å². The van der Waals surface area contributed by atoms with Crippen molar-refractivity contribution in [3.8, 4) is 16.9 Å². The zero-order chi connectivity index (χ0) is 21.5. The predicted molar refractivity (Wildman–Crippen MR) is 126 cm³/mol. The molecule has 1 aliphatic rings. The van der Waals surface area contributed by atoms with Crippen molar-refractivity contribution in [2.45, 2.75) is 19.9 Å². The van der Waals surface area contributed by atoms with E-state index < -0.39 is 5.97 Å². The summed E-state index contributed by atoms with van der Waals surface area (Å²) in [6.45, 7) is 3.68. The number of benzene rings is 2. The van der Waals surface area contributed by atoms with E-state index in [-0.39, 0.29) is 0 Å². The molecule has 1 aliphatic heterocycles. The van der Waals surface area contributed by atoms with Gasteiger partial charge in [0.15, 0.2) is 0 Å². The van der Waals surface area contributed by atoms with Gasteiger partial charge >= 0.3 is 5.97 Å². The molecule has 0 spiro atoms. The van der Waals surface area contributed by atoms with Gasteiger partial charge in [-0.15, -0.1) is 11.3 Å². The van der Waals surface area contributed by atoms with Crippen LogP contribution in [0.25, 0.3) is 21.3 Å². The van der Waals surface area contributed by atoms with Crippen LogP contribution in [0.5, 0.6) is 5.75 Å². The third-order valence-corrected chi connectivity index (χ3v) is 6.85. The molecule has 31 heavy (non-hydrogen) atoms. The lowest BCUT2D eigenvalue weighted by Gasteiger charge is -2.27. The number of fused-ring (bicyclic) bond motifs is 2. The van der Waals surface area contributed by atoms with E-state index in [9.17, 15) is 4.79 Å². The summed E-state index contributed by atoms with van der Waals surface area (Å²) in [5, 5.41) is 0.849. The third-order valence-electron chi connectivity index (χ3n) is 5.77. The van der Waals surface area contributed by atoms with E-state index in [0.717, 1.165) is 52.1 Å². The van der Waals surface area contributed by atoms with Crippen molar-refractivity contribution in [2.24, 2.45) is 0 Å². The summed E-state index contributed by atoms with van der Waals surface area (Å²) in [4.78, 5) is 21.5. The number of anilines is 1. The summed E-state index contributed by atoms with van der Waals surface area (Å²) >= 11 is 1.32. The van der Waals surface area contributed by atoms with Gasteiger partial charge in [0.05, 0.1) is 5.69 Å². The topological polar surface area (TPSA) is 68.4 Å². The molecule has 0 radical (unpaired) electrons. The lowest BCUT2D eigenvalue weighted by molar-refractivity contribution is 0.0739. The van der Waals surface area contributed by atoms with Crippen LogP contribution in [0.4, 0.5) is 5.69 Å². The highest BCUT2D eigenvalue weighted by atomic mass is 32.1. The number of aromatic nitrogens is 1. The number of pyridine rings is 1. The van der Waals surface area contributed by atoms with Gasteiger partial charge in [-0.05, 0) is 36.7 Å². The van der Waals surface area contributed by atoms with Gasteiger partial charge in [-0.3, -0.25) is 0 Å². The summed E-state index contributed by atoms with van der Waals surface area (Å²) in [6, 6.07) is 17.7. The molecule has 0 bridgehead atoms. The fourth-order valence-electron chi connectivity index (χ4n) is 4.15. The number of rotatable bonds is 3. The van der Waals surface area contributed by atoms with Gasteiger partial charge in [-0.25, -0.2) is 9.78 Å². The maximum absolute atomic E-state index is 13.1. The van der Waals surface area contributed by atoms with Crippen molar-refractivity contribution in [2.75, 3.05) is 19.3 Å². The Labute approximate surface area is 185 Å². The standard InChI is InChI=1S/C25H23N3O2S/c1-15-8-6-7-11-19(15)30-25(29)23-22(26)21-20(16-9-4-3-5-10-16)17-14-28(2)13-12-18(17)27-24(21)31-23/h3-11H,12-14,26H2,1-2H3. The molecule has 0 saturated heterocycles. The van der Waals surface area contributed by atoms with Gasteiger partial charge < -0.3 is 15.4 Å². The van der Waals surface area contributed by atoms with E-state index >= 15 is 0 Å². The highest BCUT2D eigenvalue weighted by Crippen LogP contribution is 2.43. The van der Waals surface area contributed by atoms with Gasteiger partial charge in [-0.2, -0.15) is 0 Å². The van der Waals surface area contributed by atoms with Crippen LogP contribution >= 0.6 is 11.3 Å². The second-order valence-electron chi connectivity index (χ2n) is 7.95. The van der Waals surface area contributed by atoms with Crippen molar-refractivity contribution in [3.63, 3.8) is 0 Å². The monoisotopic (exact) mass is 429 g/mol. The number of nitrogens with two attached hydrogens (primary N) is 1. The van der Waals surface area contributed by atoms with Crippen LogP contribution in [-0.4, -0.2) is 29.4 Å². The lowest BCUT2D eigenvalue weighted by Crippen LogP contribution is -2.27. The quantitative estimate of drug-likeness (QED) is 0.364. The molecular formula is C25H23N3O2S. The molecular weight excluding hydrogens is 406 g/mol. The molecule has 6 heteroatoms. The van der Waals surface area contributed by atoms with E-state index in [1.54, 1.807) is 6.07 Å². The number of hydrogen-bond donors (Lipinski definition) is 1. The molecule has 156 valence electrons. The molecule has 2 aromatic carbocycles. The number of likely N-dealkylation sites (N-methyl/N-ethyl adjacent to an activating group) is 1. The van der Waals surface area contributed by atoms with Gasteiger partial charge in [0.25, 0.3) is 0 Å². The number of carbonyl (C=O) groups is 1. The molecule has 0 unspecified atom stereocenters. The van der Waals surface area contributed by atoms with E-state index in [2.05, 4.69) is 24.1 Å². The number of nitrogens with zero attached hydrogens (tertiary/aromatic N) is 2. The van der Waals surface area contributed by atoms with Crippen LogP contribution in [0.15, 0.2) is 54.6 Å². The van der Waals surface area contributed by atoms with Crippen molar-refractivity contribution in [3.05, 3.63) is 76.3 Å². The molecule has 0 aliphatic carbocycles. The first-order valence-corrected chi connectivity index (χ1v) is 11.1. The Kier molecular flexibility index (Phi) is 4.96. The molecule has 2 N–H and O–H groups in total. The Bertz CT molecular complexity index is 1300. The van der Waals surface area contributed by atoms with Crippen molar-refractivity contribution in [1.82, 2.24) is 9.88 Å². The molecule has 2 aromatic heterocycles.